The van der Waals surface area contributed by atoms with Crippen molar-refractivity contribution in [2.24, 2.45) is 0 Å². The highest BCUT2D eigenvalue weighted by Crippen LogP contribution is 2.33. The Kier molecular flexibility index (Phi) is 9.75. The molecule has 174 valence electrons. The van der Waals surface area contributed by atoms with Gasteiger partial charge in [0.1, 0.15) is 19.3 Å². The molecule has 0 radical (unpaired) electrons. The van der Waals surface area contributed by atoms with Gasteiger partial charge in [0.25, 0.3) is 0 Å². The van der Waals surface area contributed by atoms with E-state index in [0.29, 0.717) is 37.8 Å². The quantitative estimate of drug-likeness (QED) is 0.439. The molecule has 3 rings (SSSR count). The molecule has 31 heavy (non-hydrogen) atoms. The first kappa shape index (κ1) is 23.7. The topological polar surface area (TPSA) is 83.1 Å². The van der Waals surface area contributed by atoms with Gasteiger partial charge in [-0.1, -0.05) is 45.1 Å². The van der Waals surface area contributed by atoms with E-state index in [1.54, 1.807) is 0 Å². The van der Waals surface area contributed by atoms with Crippen LogP contribution >= 0.6 is 0 Å². The molecule has 2 heterocycles. The van der Waals surface area contributed by atoms with Crippen molar-refractivity contribution in [3.63, 3.8) is 0 Å². The van der Waals surface area contributed by atoms with Gasteiger partial charge in [-0.3, -0.25) is 0 Å². The van der Waals surface area contributed by atoms with Gasteiger partial charge >= 0.3 is 6.03 Å². The number of urea groups is 1. The van der Waals surface area contributed by atoms with Crippen LogP contribution in [0, 0.1) is 0 Å². The minimum absolute atomic E-state index is 0.214. The Hall–Kier alpha value is -1.99. The lowest BCUT2D eigenvalue weighted by molar-refractivity contribution is 0.108. The Morgan fingerprint density at radius 1 is 1.06 bits per heavy atom. The Morgan fingerprint density at radius 2 is 1.77 bits per heavy atom. The van der Waals surface area contributed by atoms with Gasteiger partial charge < -0.3 is 30.1 Å². The average Bonchev–Trinajstić information content (AvgIpc) is 3.30. The van der Waals surface area contributed by atoms with Crippen LogP contribution in [0.3, 0.4) is 0 Å². The summed E-state index contributed by atoms with van der Waals surface area (Å²) in [7, 11) is 0. The van der Waals surface area contributed by atoms with E-state index in [1.165, 1.54) is 25.7 Å². The molecule has 1 saturated heterocycles. The molecular formula is C24H39N3O4. The predicted molar refractivity (Wildman–Crippen MR) is 122 cm³/mol. The van der Waals surface area contributed by atoms with Crippen LogP contribution in [0.1, 0.15) is 70.0 Å². The smallest absolute Gasteiger partial charge is 0.315 e. The van der Waals surface area contributed by atoms with Crippen molar-refractivity contribution in [3.05, 3.63) is 23.8 Å². The summed E-state index contributed by atoms with van der Waals surface area (Å²) in [4.78, 5) is 14.8. The summed E-state index contributed by atoms with van der Waals surface area (Å²) >= 11 is 0. The number of fused-ring (bicyclic) bond motifs is 1. The van der Waals surface area contributed by atoms with Crippen LogP contribution in [0.5, 0.6) is 11.5 Å². The number of ether oxygens (including phenoxy) is 2. The molecule has 2 unspecified atom stereocenters. The summed E-state index contributed by atoms with van der Waals surface area (Å²) < 4.78 is 11.2. The number of aliphatic hydroxyl groups is 1. The summed E-state index contributed by atoms with van der Waals surface area (Å²) in [5, 5.41) is 17.1. The number of rotatable bonds is 12. The van der Waals surface area contributed by atoms with Gasteiger partial charge in [0.05, 0.1) is 6.04 Å². The Balaban J connectivity index is 1.54. The van der Waals surface area contributed by atoms with Crippen LogP contribution in [0.2, 0.25) is 0 Å². The molecule has 2 aliphatic rings. The van der Waals surface area contributed by atoms with Crippen LogP contribution in [-0.2, 0) is 0 Å². The minimum Gasteiger partial charge on any atom is -0.486 e. The first-order valence-corrected chi connectivity index (χ1v) is 12.0. The van der Waals surface area contributed by atoms with Crippen molar-refractivity contribution in [3.8, 4) is 11.5 Å². The summed E-state index contributed by atoms with van der Waals surface area (Å²) in [5.41, 5.74) is 0.727. The number of hydrogen-bond acceptors (Lipinski definition) is 5. The fraction of sp³-hybridized carbons (Fsp3) is 0.708. The lowest BCUT2D eigenvalue weighted by Gasteiger charge is -2.29. The molecule has 0 bridgehead atoms. The zero-order chi connectivity index (χ0) is 21.9. The standard InChI is InChI=1S/C24H39N3O4/c1-2-3-4-5-6-7-12-25-24(29)26-20(18-27-13-8-9-14-27)23(28)19-10-11-21-22(17-19)31-16-15-30-21/h10-11,17,20,23,28H,2-9,12-16,18H2,1H3,(H2,25,26,29). The van der Waals surface area contributed by atoms with Crippen molar-refractivity contribution in [1.29, 1.82) is 0 Å². The highest BCUT2D eigenvalue weighted by Gasteiger charge is 2.27. The maximum absolute atomic E-state index is 12.5. The van der Waals surface area contributed by atoms with Crippen molar-refractivity contribution in [1.82, 2.24) is 15.5 Å². The summed E-state index contributed by atoms with van der Waals surface area (Å²) in [6.45, 7) is 6.55. The second-order valence-corrected chi connectivity index (χ2v) is 8.63. The number of nitrogens with one attached hydrogen (secondary N) is 2. The summed E-state index contributed by atoms with van der Waals surface area (Å²) in [6, 6.07) is 4.90. The van der Waals surface area contributed by atoms with E-state index >= 15 is 0 Å². The molecule has 2 aliphatic heterocycles. The van der Waals surface area contributed by atoms with Crippen LogP contribution in [0.4, 0.5) is 4.79 Å². The largest absolute Gasteiger partial charge is 0.486 e. The minimum atomic E-state index is -0.823. The van der Waals surface area contributed by atoms with Gasteiger partial charge in [-0.05, 0) is 50.0 Å². The van der Waals surface area contributed by atoms with Gasteiger partial charge in [-0.2, -0.15) is 0 Å². The number of nitrogens with zero attached hydrogens (tertiary/aromatic N) is 1. The lowest BCUT2D eigenvalue weighted by Crippen LogP contribution is -2.50. The molecule has 7 heteroatoms. The molecule has 2 atom stereocenters. The first-order chi connectivity index (χ1) is 15.2. The van der Waals surface area contributed by atoms with E-state index in [1.807, 2.05) is 18.2 Å². The fourth-order valence-corrected chi connectivity index (χ4v) is 4.27. The van der Waals surface area contributed by atoms with Crippen molar-refractivity contribution >= 4 is 6.03 Å². The highest BCUT2D eigenvalue weighted by molar-refractivity contribution is 5.74. The van der Waals surface area contributed by atoms with Gasteiger partial charge in [-0.15, -0.1) is 0 Å². The van der Waals surface area contributed by atoms with E-state index in [4.69, 9.17) is 9.47 Å². The maximum Gasteiger partial charge on any atom is 0.315 e. The van der Waals surface area contributed by atoms with Crippen molar-refractivity contribution < 1.29 is 19.4 Å². The number of hydrogen-bond donors (Lipinski definition) is 3. The Bertz CT molecular complexity index is 679. The molecule has 0 aromatic heterocycles. The number of unbranched alkanes of at least 4 members (excludes halogenated alkanes) is 5. The van der Waals surface area contributed by atoms with Crippen LogP contribution in [0.15, 0.2) is 18.2 Å². The third-order valence-electron chi connectivity index (χ3n) is 6.07. The second kappa shape index (κ2) is 12.8. The van der Waals surface area contributed by atoms with Gasteiger partial charge in [0.15, 0.2) is 11.5 Å². The number of benzene rings is 1. The molecule has 1 aromatic rings. The predicted octanol–water partition coefficient (Wildman–Crippen LogP) is 3.62. The lowest BCUT2D eigenvalue weighted by atomic mass is 10.0. The Morgan fingerprint density at radius 3 is 2.55 bits per heavy atom. The van der Waals surface area contributed by atoms with Crippen LogP contribution in [0.25, 0.3) is 0 Å². The van der Waals surface area contributed by atoms with E-state index in [0.717, 1.165) is 44.3 Å². The normalized spacial score (nSPS) is 17.9. The second-order valence-electron chi connectivity index (χ2n) is 8.63. The van der Waals surface area contributed by atoms with E-state index in [2.05, 4.69) is 22.5 Å². The summed E-state index contributed by atoms with van der Waals surface area (Å²) in [6.07, 6.45) is 8.63. The fourth-order valence-electron chi connectivity index (χ4n) is 4.27. The van der Waals surface area contributed by atoms with Gasteiger partial charge in [-0.25, -0.2) is 4.79 Å². The number of amides is 2. The maximum atomic E-state index is 12.5. The number of likely N-dealkylation sites (tertiary alicyclic amines) is 1. The molecular weight excluding hydrogens is 394 g/mol. The van der Waals surface area contributed by atoms with Crippen LogP contribution in [-0.4, -0.2) is 61.5 Å². The van der Waals surface area contributed by atoms with Crippen molar-refractivity contribution in [2.75, 3.05) is 39.4 Å². The van der Waals surface area contributed by atoms with E-state index in [-0.39, 0.29) is 6.03 Å². The van der Waals surface area contributed by atoms with E-state index in [9.17, 15) is 9.90 Å². The number of aliphatic hydroxyl groups excluding tert-OH is 1. The first-order valence-electron chi connectivity index (χ1n) is 12.0. The number of carbonyl (C=O) groups is 1. The molecule has 2 amide bonds. The monoisotopic (exact) mass is 433 g/mol. The third kappa shape index (κ3) is 7.58. The zero-order valence-electron chi connectivity index (χ0n) is 18.9. The zero-order valence-corrected chi connectivity index (χ0v) is 18.9. The van der Waals surface area contributed by atoms with Gasteiger partial charge in [0, 0.05) is 13.1 Å². The molecule has 1 fully saturated rings. The third-order valence-corrected chi connectivity index (χ3v) is 6.07. The number of carbonyl (C=O) groups excluding carboxylic acids is 1. The van der Waals surface area contributed by atoms with Crippen LogP contribution < -0.4 is 20.1 Å². The molecule has 0 aliphatic carbocycles. The highest BCUT2D eigenvalue weighted by atomic mass is 16.6. The van der Waals surface area contributed by atoms with Crippen molar-refractivity contribution in [2.45, 2.75) is 70.4 Å². The molecule has 1 aromatic carbocycles. The molecule has 3 N–H and O–H groups in total. The Labute approximate surface area is 186 Å². The average molecular weight is 434 g/mol. The molecule has 0 spiro atoms. The molecule has 7 nitrogen and oxygen atoms in total. The van der Waals surface area contributed by atoms with Gasteiger partial charge in [0.2, 0.25) is 0 Å². The van der Waals surface area contributed by atoms with E-state index < -0.39 is 12.1 Å². The molecule has 0 saturated carbocycles. The summed E-state index contributed by atoms with van der Waals surface area (Å²) in [5.74, 6) is 1.35. The SMILES string of the molecule is CCCCCCCCNC(=O)NC(CN1CCCC1)C(O)c1ccc2c(c1)OCCO2.